The number of ketones is 1. The molecule has 2 heteroatoms. The van der Waals surface area contributed by atoms with Crippen LogP contribution in [-0.2, 0) is 4.79 Å². The van der Waals surface area contributed by atoms with E-state index >= 15 is 0 Å². The number of unbranched alkanes of at least 4 members (excludes halogenated alkanes) is 1. The highest BCUT2D eigenvalue weighted by Gasteiger charge is 2.11. The van der Waals surface area contributed by atoms with E-state index in [4.69, 9.17) is 0 Å². The normalized spacial score (nSPS) is 12.6. The zero-order valence-electron chi connectivity index (χ0n) is 7.26. The zero-order valence-corrected chi connectivity index (χ0v) is 7.26. The van der Waals surface area contributed by atoms with Crippen molar-refractivity contribution in [1.29, 1.82) is 0 Å². The fraction of sp³-hybridized carbons (Fsp3) is 0.667. The lowest BCUT2D eigenvalue weighted by atomic mass is 10.0. The summed E-state index contributed by atoms with van der Waals surface area (Å²) in [6, 6.07) is 0. The molecule has 0 fully saturated rings. The Morgan fingerprint density at radius 2 is 2.18 bits per heavy atom. The number of aliphatic hydroxyl groups is 1. The summed E-state index contributed by atoms with van der Waals surface area (Å²) in [6.07, 6.45) is 1.98. The van der Waals surface area contributed by atoms with Crippen molar-refractivity contribution < 1.29 is 9.90 Å². The second-order valence-corrected chi connectivity index (χ2v) is 2.74. The standard InChI is InChI=1S/C9H16O2/c1-4-5-6-9(11)7(2)8(3)10/h9,11H,2,4-6H2,1,3H3/t9-/m1/s1. The summed E-state index contributed by atoms with van der Waals surface area (Å²) in [5.74, 6) is -0.117. The van der Waals surface area contributed by atoms with Crippen molar-refractivity contribution in [3.05, 3.63) is 12.2 Å². The van der Waals surface area contributed by atoms with Crippen LogP contribution in [0, 0.1) is 0 Å². The predicted molar refractivity (Wildman–Crippen MR) is 45.4 cm³/mol. The maximum atomic E-state index is 10.7. The van der Waals surface area contributed by atoms with Crippen LogP contribution < -0.4 is 0 Å². The molecule has 0 spiro atoms. The lowest BCUT2D eigenvalue weighted by molar-refractivity contribution is -0.114. The van der Waals surface area contributed by atoms with Gasteiger partial charge in [0, 0.05) is 5.57 Å². The van der Waals surface area contributed by atoms with E-state index in [1.54, 1.807) is 0 Å². The van der Waals surface area contributed by atoms with Crippen molar-refractivity contribution >= 4 is 5.78 Å². The van der Waals surface area contributed by atoms with Crippen LogP contribution in [0.2, 0.25) is 0 Å². The first-order valence-electron chi connectivity index (χ1n) is 3.97. The van der Waals surface area contributed by atoms with Gasteiger partial charge in [-0.05, 0) is 13.3 Å². The fourth-order valence-electron chi connectivity index (χ4n) is 0.806. The molecular weight excluding hydrogens is 140 g/mol. The first-order valence-corrected chi connectivity index (χ1v) is 3.97. The summed E-state index contributed by atoms with van der Waals surface area (Å²) in [4.78, 5) is 10.7. The molecule has 0 aliphatic heterocycles. The molecule has 0 aromatic carbocycles. The quantitative estimate of drug-likeness (QED) is 0.615. The average molecular weight is 156 g/mol. The number of rotatable bonds is 5. The van der Waals surface area contributed by atoms with E-state index in [-0.39, 0.29) is 5.78 Å². The minimum atomic E-state index is -0.632. The highest BCUT2D eigenvalue weighted by atomic mass is 16.3. The number of carbonyl (C=O) groups is 1. The minimum Gasteiger partial charge on any atom is -0.388 e. The lowest BCUT2D eigenvalue weighted by Gasteiger charge is -2.09. The van der Waals surface area contributed by atoms with E-state index in [1.165, 1.54) is 6.92 Å². The third-order valence-electron chi connectivity index (χ3n) is 1.69. The molecule has 0 saturated carbocycles. The molecule has 0 unspecified atom stereocenters. The third-order valence-corrected chi connectivity index (χ3v) is 1.69. The molecule has 0 amide bonds. The summed E-state index contributed by atoms with van der Waals surface area (Å²) in [5, 5.41) is 9.30. The number of hydrogen-bond donors (Lipinski definition) is 1. The molecule has 0 aliphatic carbocycles. The van der Waals surface area contributed by atoms with Crippen molar-refractivity contribution in [2.45, 2.75) is 39.2 Å². The largest absolute Gasteiger partial charge is 0.388 e. The van der Waals surface area contributed by atoms with Crippen LogP contribution in [0.4, 0.5) is 0 Å². The third kappa shape index (κ3) is 3.94. The highest BCUT2D eigenvalue weighted by Crippen LogP contribution is 2.08. The molecule has 0 aromatic rings. The Morgan fingerprint density at radius 3 is 2.55 bits per heavy atom. The van der Waals surface area contributed by atoms with Crippen LogP contribution in [-0.4, -0.2) is 17.0 Å². The van der Waals surface area contributed by atoms with E-state index in [1.807, 2.05) is 6.92 Å². The lowest BCUT2D eigenvalue weighted by Crippen LogP contribution is -2.14. The number of carbonyl (C=O) groups excluding carboxylic acids is 1. The Bertz CT molecular complexity index is 150. The van der Waals surface area contributed by atoms with Gasteiger partial charge in [0.2, 0.25) is 0 Å². The van der Waals surface area contributed by atoms with Gasteiger partial charge in [0.1, 0.15) is 0 Å². The van der Waals surface area contributed by atoms with E-state index in [0.717, 1.165) is 12.8 Å². The first-order chi connectivity index (χ1) is 5.09. The highest BCUT2D eigenvalue weighted by molar-refractivity contribution is 5.93. The molecule has 0 bridgehead atoms. The van der Waals surface area contributed by atoms with Crippen LogP contribution >= 0.6 is 0 Å². The summed E-state index contributed by atoms with van der Waals surface area (Å²) in [6.45, 7) is 6.98. The molecule has 0 rings (SSSR count). The van der Waals surface area contributed by atoms with Crippen molar-refractivity contribution in [3.63, 3.8) is 0 Å². The molecule has 11 heavy (non-hydrogen) atoms. The molecular formula is C9H16O2. The summed E-state index contributed by atoms with van der Waals surface area (Å²) in [5.41, 5.74) is 0.332. The minimum absolute atomic E-state index is 0.117. The van der Waals surface area contributed by atoms with E-state index in [2.05, 4.69) is 6.58 Å². The fourth-order valence-corrected chi connectivity index (χ4v) is 0.806. The SMILES string of the molecule is C=C(C(C)=O)[C@H](O)CCCC. The van der Waals surface area contributed by atoms with Crippen LogP contribution in [0.5, 0.6) is 0 Å². The second-order valence-electron chi connectivity index (χ2n) is 2.74. The Kier molecular flexibility index (Phi) is 4.79. The van der Waals surface area contributed by atoms with Crippen molar-refractivity contribution in [1.82, 2.24) is 0 Å². The maximum Gasteiger partial charge on any atom is 0.157 e. The van der Waals surface area contributed by atoms with Crippen LogP contribution in [0.15, 0.2) is 12.2 Å². The van der Waals surface area contributed by atoms with Crippen LogP contribution in [0.1, 0.15) is 33.1 Å². The van der Waals surface area contributed by atoms with Crippen molar-refractivity contribution in [3.8, 4) is 0 Å². The first kappa shape index (κ1) is 10.4. The van der Waals surface area contributed by atoms with E-state index < -0.39 is 6.10 Å². The van der Waals surface area contributed by atoms with Gasteiger partial charge in [0.05, 0.1) is 6.10 Å². The Morgan fingerprint density at radius 1 is 1.64 bits per heavy atom. The van der Waals surface area contributed by atoms with E-state index in [0.29, 0.717) is 12.0 Å². The summed E-state index contributed by atoms with van der Waals surface area (Å²) < 4.78 is 0. The summed E-state index contributed by atoms with van der Waals surface area (Å²) >= 11 is 0. The number of aliphatic hydroxyl groups excluding tert-OH is 1. The molecule has 0 heterocycles. The van der Waals surface area contributed by atoms with Gasteiger partial charge in [-0.25, -0.2) is 0 Å². The molecule has 0 saturated heterocycles. The van der Waals surface area contributed by atoms with Gasteiger partial charge in [-0.3, -0.25) is 4.79 Å². The Hall–Kier alpha value is -0.630. The molecule has 2 nitrogen and oxygen atoms in total. The van der Waals surface area contributed by atoms with Crippen molar-refractivity contribution in [2.75, 3.05) is 0 Å². The van der Waals surface area contributed by atoms with Crippen LogP contribution in [0.3, 0.4) is 0 Å². The van der Waals surface area contributed by atoms with E-state index in [9.17, 15) is 9.90 Å². The zero-order chi connectivity index (χ0) is 8.85. The van der Waals surface area contributed by atoms with Gasteiger partial charge in [0.25, 0.3) is 0 Å². The Balaban J connectivity index is 3.73. The van der Waals surface area contributed by atoms with Gasteiger partial charge >= 0.3 is 0 Å². The smallest absolute Gasteiger partial charge is 0.157 e. The second kappa shape index (κ2) is 5.08. The molecule has 1 atom stereocenters. The maximum absolute atomic E-state index is 10.7. The number of Topliss-reactive ketones (excluding diaryl/α,β-unsaturated/α-hetero) is 1. The molecule has 0 radical (unpaired) electrons. The molecule has 64 valence electrons. The van der Waals surface area contributed by atoms with Gasteiger partial charge < -0.3 is 5.11 Å². The van der Waals surface area contributed by atoms with Gasteiger partial charge in [0.15, 0.2) is 5.78 Å². The summed E-state index contributed by atoms with van der Waals surface area (Å²) in [7, 11) is 0. The van der Waals surface area contributed by atoms with Gasteiger partial charge in [-0.1, -0.05) is 26.3 Å². The van der Waals surface area contributed by atoms with Gasteiger partial charge in [-0.15, -0.1) is 0 Å². The van der Waals surface area contributed by atoms with Gasteiger partial charge in [-0.2, -0.15) is 0 Å². The van der Waals surface area contributed by atoms with Crippen molar-refractivity contribution in [2.24, 2.45) is 0 Å². The van der Waals surface area contributed by atoms with Crippen LogP contribution in [0.25, 0.3) is 0 Å². The molecule has 0 aliphatic rings. The number of hydrogen-bond acceptors (Lipinski definition) is 2. The molecule has 0 aromatic heterocycles. The Labute approximate surface area is 67.9 Å². The molecule has 1 N–H and O–H groups in total. The predicted octanol–water partition coefficient (Wildman–Crippen LogP) is 1.68. The average Bonchev–Trinajstić information content (AvgIpc) is 1.98. The monoisotopic (exact) mass is 156 g/mol. The topological polar surface area (TPSA) is 37.3 Å².